The molecule has 8 heteroatoms. The summed E-state index contributed by atoms with van der Waals surface area (Å²) in [4.78, 5) is 12.2. The number of alkyl halides is 3. The maximum atomic E-state index is 12.6. The lowest BCUT2D eigenvalue weighted by Crippen LogP contribution is -2.12. The Kier molecular flexibility index (Phi) is 4.66. The number of H-pyrrole nitrogens is 1. The Hall–Kier alpha value is -3.29. The van der Waals surface area contributed by atoms with Crippen molar-refractivity contribution in [1.29, 1.82) is 0 Å². The van der Waals surface area contributed by atoms with Crippen molar-refractivity contribution in [2.24, 2.45) is 0 Å². The van der Waals surface area contributed by atoms with E-state index in [1.54, 1.807) is 31.4 Å². The average molecular weight is 361 g/mol. The SMILES string of the molecule is COc1cccc(-c2cc(C(=O)Nc3ccc(C(F)(F)F)cc3)[nH]n2)c1. The number of carbonyl (C=O) groups excluding carboxylic acids is 1. The van der Waals surface area contributed by atoms with Crippen molar-refractivity contribution in [2.45, 2.75) is 6.18 Å². The van der Waals surface area contributed by atoms with E-state index in [-0.39, 0.29) is 11.4 Å². The van der Waals surface area contributed by atoms with Crippen molar-refractivity contribution in [1.82, 2.24) is 10.2 Å². The van der Waals surface area contributed by atoms with Crippen LogP contribution < -0.4 is 10.1 Å². The molecule has 134 valence electrons. The number of rotatable bonds is 4. The summed E-state index contributed by atoms with van der Waals surface area (Å²) in [5.41, 5.74) is 0.955. The highest BCUT2D eigenvalue weighted by Gasteiger charge is 2.30. The number of hydrogen-bond acceptors (Lipinski definition) is 3. The van der Waals surface area contributed by atoms with E-state index in [1.165, 1.54) is 12.1 Å². The summed E-state index contributed by atoms with van der Waals surface area (Å²) in [7, 11) is 1.55. The molecular weight excluding hydrogens is 347 g/mol. The largest absolute Gasteiger partial charge is 0.497 e. The van der Waals surface area contributed by atoms with Crippen molar-refractivity contribution in [3.05, 3.63) is 65.9 Å². The van der Waals surface area contributed by atoms with Crippen molar-refractivity contribution in [2.75, 3.05) is 12.4 Å². The minimum absolute atomic E-state index is 0.183. The summed E-state index contributed by atoms with van der Waals surface area (Å²) in [5, 5.41) is 9.22. The number of amides is 1. The zero-order chi connectivity index (χ0) is 18.7. The Morgan fingerprint density at radius 2 is 1.85 bits per heavy atom. The molecule has 3 rings (SSSR count). The molecule has 5 nitrogen and oxygen atoms in total. The van der Waals surface area contributed by atoms with Crippen molar-refractivity contribution < 1.29 is 22.7 Å². The summed E-state index contributed by atoms with van der Waals surface area (Å²) < 4.78 is 42.8. The first-order valence-corrected chi connectivity index (χ1v) is 7.55. The van der Waals surface area contributed by atoms with Crippen LogP contribution >= 0.6 is 0 Å². The quantitative estimate of drug-likeness (QED) is 0.726. The maximum absolute atomic E-state index is 12.6. The van der Waals surface area contributed by atoms with Crippen molar-refractivity contribution >= 4 is 11.6 Å². The number of nitrogens with one attached hydrogen (secondary N) is 2. The number of halogens is 3. The van der Waals surface area contributed by atoms with Gasteiger partial charge in [-0.1, -0.05) is 12.1 Å². The maximum Gasteiger partial charge on any atom is 0.416 e. The normalized spacial score (nSPS) is 11.2. The number of methoxy groups -OCH3 is 1. The van der Waals surface area contributed by atoms with E-state index in [0.29, 0.717) is 11.4 Å². The third kappa shape index (κ3) is 3.85. The van der Waals surface area contributed by atoms with Gasteiger partial charge in [-0.25, -0.2) is 0 Å². The van der Waals surface area contributed by atoms with Gasteiger partial charge < -0.3 is 10.1 Å². The summed E-state index contributed by atoms with van der Waals surface area (Å²) in [5.74, 6) is 0.146. The summed E-state index contributed by atoms with van der Waals surface area (Å²) in [6, 6.07) is 12.9. The number of anilines is 1. The molecule has 1 heterocycles. The number of benzene rings is 2. The molecule has 0 saturated carbocycles. The molecule has 26 heavy (non-hydrogen) atoms. The number of aromatic nitrogens is 2. The van der Waals surface area contributed by atoms with Gasteiger partial charge in [0, 0.05) is 11.3 Å². The fraction of sp³-hybridized carbons (Fsp3) is 0.111. The van der Waals surface area contributed by atoms with Gasteiger partial charge in [0.25, 0.3) is 5.91 Å². The second-order valence-electron chi connectivity index (χ2n) is 5.43. The zero-order valence-electron chi connectivity index (χ0n) is 13.6. The number of hydrogen-bond donors (Lipinski definition) is 2. The van der Waals surface area contributed by atoms with Crippen LogP contribution in [0.2, 0.25) is 0 Å². The fourth-order valence-electron chi connectivity index (χ4n) is 2.31. The molecular formula is C18H14F3N3O2. The molecule has 0 fully saturated rings. The molecule has 2 aromatic carbocycles. The third-order valence-corrected chi connectivity index (χ3v) is 3.66. The monoisotopic (exact) mass is 361 g/mol. The molecule has 0 unspecified atom stereocenters. The Morgan fingerprint density at radius 1 is 1.12 bits per heavy atom. The van der Waals surface area contributed by atoms with Gasteiger partial charge in [-0.05, 0) is 42.5 Å². The van der Waals surface area contributed by atoms with Gasteiger partial charge in [-0.2, -0.15) is 18.3 Å². The molecule has 0 radical (unpaired) electrons. The Bertz CT molecular complexity index is 918. The Balaban J connectivity index is 1.74. The van der Waals surface area contributed by atoms with Gasteiger partial charge in [0.2, 0.25) is 0 Å². The topological polar surface area (TPSA) is 67.0 Å². The molecule has 0 aliphatic carbocycles. The van der Waals surface area contributed by atoms with E-state index in [4.69, 9.17) is 4.74 Å². The smallest absolute Gasteiger partial charge is 0.416 e. The van der Waals surface area contributed by atoms with Crippen LogP contribution in [-0.2, 0) is 6.18 Å². The van der Waals surface area contributed by atoms with Crippen LogP contribution in [0, 0.1) is 0 Å². The van der Waals surface area contributed by atoms with Gasteiger partial charge in [0.15, 0.2) is 0 Å². The molecule has 1 amide bonds. The predicted molar refractivity (Wildman–Crippen MR) is 90.0 cm³/mol. The first-order chi connectivity index (χ1) is 12.4. The number of aromatic amines is 1. The Labute approximate surface area is 146 Å². The summed E-state index contributed by atoms with van der Waals surface area (Å²) in [6.45, 7) is 0. The highest BCUT2D eigenvalue weighted by molar-refractivity contribution is 6.03. The van der Waals surface area contributed by atoms with Crippen LogP contribution in [0.1, 0.15) is 16.1 Å². The lowest BCUT2D eigenvalue weighted by Gasteiger charge is -2.08. The molecule has 0 aliphatic rings. The highest BCUT2D eigenvalue weighted by Crippen LogP contribution is 2.30. The van der Waals surface area contributed by atoms with Crippen LogP contribution in [0.4, 0.5) is 18.9 Å². The van der Waals surface area contributed by atoms with Crippen LogP contribution in [0.5, 0.6) is 5.75 Å². The summed E-state index contributed by atoms with van der Waals surface area (Å²) in [6.07, 6.45) is -4.42. The van der Waals surface area contributed by atoms with E-state index in [9.17, 15) is 18.0 Å². The molecule has 0 saturated heterocycles. The Morgan fingerprint density at radius 3 is 2.50 bits per heavy atom. The minimum Gasteiger partial charge on any atom is -0.497 e. The van der Waals surface area contributed by atoms with Gasteiger partial charge in [-0.3, -0.25) is 9.89 Å². The van der Waals surface area contributed by atoms with E-state index in [0.717, 1.165) is 17.7 Å². The van der Waals surface area contributed by atoms with Crippen LogP contribution in [0.15, 0.2) is 54.6 Å². The van der Waals surface area contributed by atoms with E-state index in [1.807, 2.05) is 6.07 Å². The highest BCUT2D eigenvalue weighted by atomic mass is 19.4. The van der Waals surface area contributed by atoms with Gasteiger partial charge in [-0.15, -0.1) is 0 Å². The minimum atomic E-state index is -4.42. The molecule has 0 spiro atoms. The fourth-order valence-corrected chi connectivity index (χ4v) is 2.31. The average Bonchev–Trinajstić information content (AvgIpc) is 3.12. The van der Waals surface area contributed by atoms with E-state index in [2.05, 4.69) is 15.5 Å². The number of ether oxygens (including phenoxy) is 1. The van der Waals surface area contributed by atoms with Gasteiger partial charge in [0.05, 0.1) is 18.4 Å². The number of carbonyl (C=O) groups is 1. The van der Waals surface area contributed by atoms with E-state index >= 15 is 0 Å². The van der Waals surface area contributed by atoms with Gasteiger partial charge in [0.1, 0.15) is 11.4 Å². The molecule has 0 bridgehead atoms. The molecule has 2 N–H and O–H groups in total. The summed E-state index contributed by atoms with van der Waals surface area (Å²) >= 11 is 0. The third-order valence-electron chi connectivity index (χ3n) is 3.66. The number of nitrogens with zero attached hydrogens (tertiary/aromatic N) is 1. The standard InChI is InChI=1S/C18H14F3N3O2/c1-26-14-4-2-3-11(9-14)15-10-16(24-23-15)17(25)22-13-7-5-12(6-8-13)18(19,20)21/h2-10H,1H3,(H,22,25)(H,23,24). The zero-order valence-corrected chi connectivity index (χ0v) is 13.6. The molecule has 0 atom stereocenters. The van der Waals surface area contributed by atoms with Gasteiger partial charge >= 0.3 is 6.18 Å². The first-order valence-electron chi connectivity index (χ1n) is 7.55. The molecule has 1 aromatic heterocycles. The second-order valence-corrected chi connectivity index (χ2v) is 5.43. The molecule has 0 aliphatic heterocycles. The van der Waals surface area contributed by atoms with Crippen LogP contribution in [0.3, 0.4) is 0 Å². The lowest BCUT2D eigenvalue weighted by atomic mass is 10.1. The van der Waals surface area contributed by atoms with Crippen molar-refractivity contribution in [3.8, 4) is 17.0 Å². The second kappa shape index (κ2) is 6.91. The lowest BCUT2D eigenvalue weighted by molar-refractivity contribution is -0.137. The van der Waals surface area contributed by atoms with Crippen molar-refractivity contribution in [3.63, 3.8) is 0 Å². The van der Waals surface area contributed by atoms with Crippen LogP contribution in [-0.4, -0.2) is 23.2 Å². The first kappa shape index (κ1) is 17.5. The predicted octanol–water partition coefficient (Wildman–Crippen LogP) is 4.36. The molecule has 3 aromatic rings. The van der Waals surface area contributed by atoms with Crippen LogP contribution in [0.25, 0.3) is 11.3 Å². The van der Waals surface area contributed by atoms with E-state index < -0.39 is 17.6 Å².